The molecule has 0 aliphatic heterocycles. The lowest BCUT2D eigenvalue weighted by molar-refractivity contribution is 0.0921. The number of amides is 1. The highest BCUT2D eigenvalue weighted by molar-refractivity contribution is 6.30. The average molecular weight is 370 g/mol. The number of carbonyl (C=O) groups excluding carboxylic acids is 1. The van der Waals surface area contributed by atoms with E-state index in [9.17, 15) is 4.79 Å². The van der Waals surface area contributed by atoms with E-state index in [1.54, 1.807) is 18.2 Å². The number of likely N-dealkylation sites (N-methyl/N-ethyl adjacent to an activating group) is 1. The maximum Gasteiger partial charge on any atom is 0.274 e. The monoisotopic (exact) mass is 369 g/mol. The zero-order chi connectivity index (χ0) is 18.5. The number of halogens is 1. The molecular weight excluding hydrogens is 350 g/mol. The standard InChI is InChI=1S/C20H20ClN3O2/c1-24(2)13-18(14-6-4-3-5-7-14)22-20(25)17-12-19(26-23-17)15-8-10-16(21)11-9-15/h3-12,18H,13H2,1-2H3,(H,22,25)/t18-/m1/s1. The van der Waals surface area contributed by atoms with Gasteiger partial charge in [0.15, 0.2) is 11.5 Å². The molecule has 0 saturated carbocycles. The Bertz CT molecular complexity index is 860. The van der Waals surface area contributed by atoms with Crippen LogP contribution in [0.4, 0.5) is 0 Å². The van der Waals surface area contributed by atoms with Gasteiger partial charge in [-0.2, -0.15) is 0 Å². The highest BCUT2D eigenvalue weighted by Crippen LogP contribution is 2.23. The van der Waals surface area contributed by atoms with Crippen molar-refractivity contribution in [3.05, 3.63) is 76.9 Å². The average Bonchev–Trinajstić information content (AvgIpc) is 3.12. The molecule has 3 aromatic rings. The number of carbonyl (C=O) groups is 1. The Morgan fingerprint density at radius 2 is 1.85 bits per heavy atom. The van der Waals surface area contributed by atoms with Gasteiger partial charge in [-0.05, 0) is 43.9 Å². The summed E-state index contributed by atoms with van der Waals surface area (Å²) in [6, 6.07) is 18.5. The second-order valence-electron chi connectivity index (χ2n) is 6.28. The van der Waals surface area contributed by atoms with Crippen LogP contribution in [0.5, 0.6) is 0 Å². The first-order chi connectivity index (χ1) is 12.5. The number of rotatable bonds is 6. The number of hydrogen-bond acceptors (Lipinski definition) is 4. The van der Waals surface area contributed by atoms with Gasteiger partial charge >= 0.3 is 0 Å². The first-order valence-electron chi connectivity index (χ1n) is 8.26. The van der Waals surface area contributed by atoms with Crippen molar-refractivity contribution >= 4 is 17.5 Å². The molecule has 1 heterocycles. The summed E-state index contributed by atoms with van der Waals surface area (Å²) in [6.07, 6.45) is 0. The van der Waals surface area contributed by atoms with E-state index >= 15 is 0 Å². The molecule has 0 radical (unpaired) electrons. The Hall–Kier alpha value is -2.63. The fraction of sp³-hybridized carbons (Fsp3) is 0.200. The van der Waals surface area contributed by atoms with Gasteiger partial charge in [-0.15, -0.1) is 0 Å². The van der Waals surface area contributed by atoms with E-state index in [2.05, 4.69) is 10.5 Å². The fourth-order valence-corrected chi connectivity index (χ4v) is 2.78. The van der Waals surface area contributed by atoms with Crippen molar-refractivity contribution < 1.29 is 9.32 Å². The molecule has 6 heteroatoms. The van der Waals surface area contributed by atoms with Crippen LogP contribution in [0.1, 0.15) is 22.1 Å². The minimum absolute atomic E-state index is 0.144. The summed E-state index contributed by atoms with van der Waals surface area (Å²) in [6.45, 7) is 0.678. The van der Waals surface area contributed by atoms with Crippen LogP contribution in [0.3, 0.4) is 0 Å². The summed E-state index contributed by atoms with van der Waals surface area (Å²) in [4.78, 5) is 14.7. The van der Waals surface area contributed by atoms with Crippen LogP contribution >= 0.6 is 11.6 Å². The van der Waals surface area contributed by atoms with Gasteiger partial charge in [-0.3, -0.25) is 4.79 Å². The second-order valence-corrected chi connectivity index (χ2v) is 6.72. The number of nitrogens with zero attached hydrogens (tertiary/aromatic N) is 2. The van der Waals surface area contributed by atoms with Gasteiger partial charge in [-0.25, -0.2) is 0 Å². The topological polar surface area (TPSA) is 58.4 Å². The van der Waals surface area contributed by atoms with Crippen molar-refractivity contribution in [1.29, 1.82) is 0 Å². The van der Waals surface area contributed by atoms with Crippen molar-refractivity contribution in [1.82, 2.24) is 15.4 Å². The molecule has 3 rings (SSSR count). The van der Waals surface area contributed by atoms with Crippen LogP contribution in [0.15, 0.2) is 65.2 Å². The Labute approximate surface area is 157 Å². The maximum atomic E-state index is 12.6. The molecular formula is C20H20ClN3O2. The summed E-state index contributed by atoms with van der Waals surface area (Å²) in [5, 5.41) is 7.58. The summed E-state index contributed by atoms with van der Waals surface area (Å²) in [5.74, 6) is 0.250. The maximum absolute atomic E-state index is 12.6. The lowest BCUT2D eigenvalue weighted by atomic mass is 10.1. The number of benzene rings is 2. The Morgan fingerprint density at radius 3 is 2.50 bits per heavy atom. The molecule has 0 spiro atoms. The summed E-state index contributed by atoms with van der Waals surface area (Å²) < 4.78 is 5.32. The van der Waals surface area contributed by atoms with E-state index in [-0.39, 0.29) is 17.6 Å². The molecule has 2 aromatic carbocycles. The third-order valence-corrected chi connectivity index (χ3v) is 4.18. The predicted octanol–water partition coefficient (Wildman–Crippen LogP) is 4.03. The van der Waals surface area contributed by atoms with Crippen LogP contribution < -0.4 is 5.32 Å². The van der Waals surface area contributed by atoms with Gasteiger partial charge in [0, 0.05) is 23.2 Å². The van der Waals surface area contributed by atoms with Crippen molar-refractivity contribution in [3.63, 3.8) is 0 Å². The predicted molar refractivity (Wildman–Crippen MR) is 102 cm³/mol. The van der Waals surface area contributed by atoms with Crippen LogP contribution in [0, 0.1) is 0 Å². The van der Waals surface area contributed by atoms with E-state index in [4.69, 9.17) is 16.1 Å². The molecule has 1 amide bonds. The van der Waals surface area contributed by atoms with Crippen molar-refractivity contribution in [2.24, 2.45) is 0 Å². The first kappa shape index (κ1) is 18.2. The zero-order valence-corrected chi connectivity index (χ0v) is 15.4. The van der Waals surface area contributed by atoms with Crippen molar-refractivity contribution in [2.45, 2.75) is 6.04 Å². The molecule has 0 unspecified atom stereocenters. The van der Waals surface area contributed by atoms with Crippen LogP contribution in [-0.4, -0.2) is 36.6 Å². The SMILES string of the molecule is CN(C)C[C@@H](NC(=O)c1cc(-c2ccc(Cl)cc2)on1)c1ccccc1. The normalized spacial score (nSPS) is 12.2. The Morgan fingerprint density at radius 1 is 1.15 bits per heavy atom. The molecule has 0 aliphatic carbocycles. The number of nitrogens with one attached hydrogen (secondary N) is 1. The van der Waals surface area contributed by atoms with Gasteiger partial charge < -0.3 is 14.7 Å². The second kappa shape index (κ2) is 8.17. The molecule has 0 bridgehead atoms. The minimum atomic E-state index is -0.273. The van der Waals surface area contributed by atoms with E-state index < -0.39 is 0 Å². The molecule has 134 valence electrons. The minimum Gasteiger partial charge on any atom is -0.355 e. The van der Waals surface area contributed by atoms with Gasteiger partial charge in [-0.1, -0.05) is 47.1 Å². The molecule has 0 aliphatic rings. The first-order valence-corrected chi connectivity index (χ1v) is 8.64. The Balaban J connectivity index is 1.76. The third-order valence-electron chi connectivity index (χ3n) is 3.93. The summed E-state index contributed by atoms with van der Waals surface area (Å²) in [5.41, 5.74) is 2.10. The molecule has 1 aromatic heterocycles. The van der Waals surface area contributed by atoms with E-state index in [0.29, 0.717) is 17.3 Å². The molecule has 26 heavy (non-hydrogen) atoms. The lowest BCUT2D eigenvalue weighted by Gasteiger charge is -2.22. The molecule has 5 nitrogen and oxygen atoms in total. The van der Waals surface area contributed by atoms with E-state index in [1.165, 1.54) is 0 Å². The molecule has 1 atom stereocenters. The molecule has 0 fully saturated rings. The largest absolute Gasteiger partial charge is 0.355 e. The fourth-order valence-electron chi connectivity index (χ4n) is 2.65. The van der Waals surface area contributed by atoms with E-state index in [1.807, 2.05) is 61.5 Å². The van der Waals surface area contributed by atoms with Gasteiger partial charge in [0.05, 0.1) is 6.04 Å². The lowest BCUT2D eigenvalue weighted by Crippen LogP contribution is -2.35. The smallest absolute Gasteiger partial charge is 0.274 e. The highest BCUT2D eigenvalue weighted by Gasteiger charge is 2.19. The van der Waals surface area contributed by atoms with Crippen LogP contribution in [-0.2, 0) is 0 Å². The van der Waals surface area contributed by atoms with E-state index in [0.717, 1.165) is 11.1 Å². The number of hydrogen-bond donors (Lipinski definition) is 1. The molecule has 1 N–H and O–H groups in total. The quantitative estimate of drug-likeness (QED) is 0.712. The van der Waals surface area contributed by atoms with Crippen molar-refractivity contribution in [3.8, 4) is 11.3 Å². The van der Waals surface area contributed by atoms with Gasteiger partial charge in [0.2, 0.25) is 0 Å². The summed E-state index contributed by atoms with van der Waals surface area (Å²) >= 11 is 5.90. The Kier molecular flexibility index (Phi) is 5.71. The zero-order valence-electron chi connectivity index (χ0n) is 14.6. The van der Waals surface area contributed by atoms with Gasteiger partial charge in [0.1, 0.15) is 0 Å². The molecule has 0 saturated heterocycles. The van der Waals surface area contributed by atoms with Crippen LogP contribution in [0.2, 0.25) is 5.02 Å². The van der Waals surface area contributed by atoms with Crippen LogP contribution in [0.25, 0.3) is 11.3 Å². The highest BCUT2D eigenvalue weighted by atomic mass is 35.5. The number of aromatic nitrogens is 1. The van der Waals surface area contributed by atoms with Crippen molar-refractivity contribution in [2.75, 3.05) is 20.6 Å². The van der Waals surface area contributed by atoms with Gasteiger partial charge in [0.25, 0.3) is 5.91 Å². The summed E-state index contributed by atoms with van der Waals surface area (Å²) in [7, 11) is 3.94. The third kappa shape index (κ3) is 4.50.